The molecule has 11 heteroatoms. The van der Waals surface area contributed by atoms with E-state index in [1.165, 1.54) is 37.5 Å². The molecule has 1 aliphatic rings. The second-order valence-electron chi connectivity index (χ2n) is 8.17. The Morgan fingerprint density at radius 2 is 1.72 bits per heavy atom. The number of rotatable bonds is 8. The molecule has 0 aromatic heterocycles. The van der Waals surface area contributed by atoms with Gasteiger partial charge in [0.1, 0.15) is 12.2 Å². The van der Waals surface area contributed by atoms with Gasteiger partial charge >= 0.3 is 12.0 Å². The Morgan fingerprint density at radius 3 is 2.36 bits per heavy atom. The Morgan fingerprint density at radius 1 is 1.03 bits per heavy atom. The van der Waals surface area contributed by atoms with Gasteiger partial charge in [0.05, 0.1) is 29.4 Å². The van der Waals surface area contributed by atoms with Gasteiger partial charge in [-0.1, -0.05) is 23.7 Å². The zero-order chi connectivity index (χ0) is 28.1. The number of benzene rings is 3. The van der Waals surface area contributed by atoms with E-state index in [0.717, 1.165) is 10.5 Å². The van der Waals surface area contributed by atoms with E-state index in [9.17, 15) is 19.2 Å². The summed E-state index contributed by atoms with van der Waals surface area (Å²) >= 11 is 9.44. The maximum absolute atomic E-state index is 13.3. The van der Waals surface area contributed by atoms with E-state index in [4.69, 9.17) is 21.1 Å². The Kier molecular flexibility index (Phi) is 8.68. The number of amides is 4. The van der Waals surface area contributed by atoms with Crippen LogP contribution < -0.4 is 19.7 Å². The summed E-state index contributed by atoms with van der Waals surface area (Å²) in [5, 5.41) is 2.79. The highest BCUT2D eigenvalue weighted by Gasteiger charge is 2.37. The van der Waals surface area contributed by atoms with Gasteiger partial charge in [0.25, 0.3) is 11.8 Å². The molecular weight excluding hydrogens is 592 g/mol. The van der Waals surface area contributed by atoms with Crippen molar-refractivity contribution < 1.29 is 33.4 Å². The molecule has 0 bridgehead atoms. The molecule has 0 atom stereocenters. The summed E-state index contributed by atoms with van der Waals surface area (Å²) in [5.74, 6) is -1.40. The third kappa shape index (κ3) is 6.30. The predicted octanol–water partition coefficient (Wildman–Crippen LogP) is 5.53. The molecule has 0 aliphatic carbocycles. The number of hydrogen-bond acceptors (Lipinski definition) is 7. The van der Waals surface area contributed by atoms with E-state index in [1.807, 2.05) is 19.1 Å². The summed E-state index contributed by atoms with van der Waals surface area (Å²) in [4.78, 5) is 51.0. The summed E-state index contributed by atoms with van der Waals surface area (Å²) in [7, 11) is 1.24. The van der Waals surface area contributed by atoms with Gasteiger partial charge in [-0.3, -0.25) is 14.9 Å². The number of imide groups is 2. The number of carbonyl (C=O) groups excluding carboxylic acids is 4. The normalized spacial score (nSPS) is 14.3. The quantitative estimate of drug-likeness (QED) is 0.202. The Bertz CT molecular complexity index is 1470. The third-order valence-electron chi connectivity index (χ3n) is 5.59. The number of nitrogens with zero attached hydrogens (tertiary/aromatic N) is 1. The minimum atomic E-state index is -0.907. The van der Waals surface area contributed by atoms with Crippen molar-refractivity contribution in [2.45, 2.75) is 13.5 Å². The average Bonchev–Trinajstić information content (AvgIpc) is 2.91. The molecule has 200 valence electrons. The smallest absolute Gasteiger partial charge is 0.337 e. The maximum atomic E-state index is 13.3. The molecular formula is C28H22BrClN2O7. The standard InChI is InChI=1S/C28H22BrClN2O7/c1-3-38-23-14-17(13-22(29)24(23)39-15-16-4-8-19(30)9-5-16)12-21-25(33)31-28(36)32(26(21)34)20-10-6-18(7-11-20)27(35)37-2/h4-14H,3,15H2,1-2H3,(H,31,33,36)/b21-12+. The lowest BCUT2D eigenvalue weighted by atomic mass is 10.1. The van der Waals surface area contributed by atoms with Gasteiger partial charge in [-0.25, -0.2) is 14.5 Å². The fourth-order valence-corrected chi connectivity index (χ4v) is 4.43. The first-order chi connectivity index (χ1) is 18.7. The molecule has 1 N–H and O–H groups in total. The van der Waals surface area contributed by atoms with Gasteiger partial charge in [0.15, 0.2) is 11.5 Å². The SMILES string of the molecule is CCOc1cc(/C=C2\C(=O)NC(=O)N(c3ccc(C(=O)OC)cc3)C2=O)cc(Br)c1OCc1ccc(Cl)cc1. The Labute approximate surface area is 237 Å². The van der Waals surface area contributed by atoms with Gasteiger partial charge in [-0.15, -0.1) is 0 Å². The van der Waals surface area contributed by atoms with Crippen molar-refractivity contribution in [3.05, 3.63) is 92.4 Å². The molecule has 1 fully saturated rings. The van der Waals surface area contributed by atoms with Gasteiger partial charge in [0, 0.05) is 5.02 Å². The van der Waals surface area contributed by atoms with Crippen LogP contribution >= 0.6 is 27.5 Å². The molecule has 0 radical (unpaired) electrons. The zero-order valence-electron chi connectivity index (χ0n) is 20.8. The lowest BCUT2D eigenvalue weighted by molar-refractivity contribution is -0.122. The van der Waals surface area contributed by atoms with E-state index >= 15 is 0 Å². The van der Waals surface area contributed by atoms with Crippen molar-refractivity contribution in [1.82, 2.24) is 5.32 Å². The van der Waals surface area contributed by atoms with Gasteiger partial charge in [0.2, 0.25) is 0 Å². The second kappa shape index (κ2) is 12.1. The summed E-state index contributed by atoms with van der Waals surface area (Å²) in [6.45, 7) is 2.41. The van der Waals surface area contributed by atoms with Crippen LogP contribution in [0.1, 0.15) is 28.4 Å². The number of halogens is 2. The molecule has 39 heavy (non-hydrogen) atoms. The van der Waals surface area contributed by atoms with Gasteiger partial charge < -0.3 is 14.2 Å². The molecule has 1 saturated heterocycles. The highest BCUT2D eigenvalue weighted by molar-refractivity contribution is 9.10. The van der Waals surface area contributed by atoms with Crippen LogP contribution in [0.3, 0.4) is 0 Å². The largest absolute Gasteiger partial charge is 0.490 e. The summed E-state index contributed by atoms with van der Waals surface area (Å²) in [5.41, 5.74) is 1.50. The fraction of sp³-hybridized carbons (Fsp3) is 0.143. The molecule has 4 amide bonds. The van der Waals surface area contributed by atoms with E-state index in [2.05, 4.69) is 26.0 Å². The first-order valence-electron chi connectivity index (χ1n) is 11.6. The minimum absolute atomic E-state index is 0.172. The van der Waals surface area contributed by atoms with Crippen molar-refractivity contribution in [3.63, 3.8) is 0 Å². The number of hydrogen-bond donors (Lipinski definition) is 1. The number of ether oxygens (including phenoxy) is 3. The number of urea groups is 1. The van der Waals surface area contributed by atoms with Crippen LogP contribution in [0.25, 0.3) is 6.08 Å². The molecule has 1 heterocycles. The van der Waals surface area contributed by atoms with Crippen LogP contribution in [0.4, 0.5) is 10.5 Å². The predicted molar refractivity (Wildman–Crippen MR) is 148 cm³/mol. The second-order valence-corrected chi connectivity index (χ2v) is 9.47. The average molecular weight is 614 g/mol. The molecule has 0 spiro atoms. The first-order valence-corrected chi connectivity index (χ1v) is 12.8. The van der Waals surface area contributed by atoms with Crippen molar-refractivity contribution in [1.29, 1.82) is 0 Å². The topological polar surface area (TPSA) is 111 Å². The van der Waals surface area contributed by atoms with Crippen molar-refractivity contribution in [3.8, 4) is 11.5 Å². The summed E-state index contributed by atoms with van der Waals surface area (Å²) < 4.78 is 17.0. The highest BCUT2D eigenvalue weighted by atomic mass is 79.9. The third-order valence-corrected chi connectivity index (χ3v) is 6.43. The summed E-state index contributed by atoms with van der Waals surface area (Å²) in [6, 6.07) is 15.3. The van der Waals surface area contributed by atoms with Crippen LogP contribution in [-0.2, 0) is 20.9 Å². The lowest BCUT2D eigenvalue weighted by Crippen LogP contribution is -2.54. The van der Waals surface area contributed by atoms with Crippen molar-refractivity contribution in [2.75, 3.05) is 18.6 Å². The molecule has 4 rings (SSSR count). The van der Waals surface area contributed by atoms with E-state index in [1.54, 1.807) is 24.3 Å². The number of carbonyl (C=O) groups is 4. The molecule has 3 aromatic rings. The molecule has 0 saturated carbocycles. The van der Waals surface area contributed by atoms with Crippen molar-refractivity contribution >= 4 is 63.1 Å². The number of nitrogens with one attached hydrogen (secondary N) is 1. The maximum Gasteiger partial charge on any atom is 0.337 e. The van der Waals surface area contributed by atoms with Gasteiger partial charge in [-0.05, 0) is 88.6 Å². The first kappa shape index (κ1) is 27.9. The van der Waals surface area contributed by atoms with Crippen LogP contribution in [0, 0.1) is 0 Å². The zero-order valence-corrected chi connectivity index (χ0v) is 23.2. The summed E-state index contributed by atoms with van der Waals surface area (Å²) in [6.07, 6.45) is 1.36. The van der Waals surface area contributed by atoms with Crippen LogP contribution in [-0.4, -0.2) is 37.5 Å². The number of anilines is 1. The lowest BCUT2D eigenvalue weighted by Gasteiger charge is -2.26. The van der Waals surface area contributed by atoms with E-state index < -0.39 is 23.8 Å². The van der Waals surface area contributed by atoms with Crippen molar-refractivity contribution in [2.24, 2.45) is 0 Å². The van der Waals surface area contributed by atoms with Crippen LogP contribution in [0.2, 0.25) is 5.02 Å². The molecule has 1 aliphatic heterocycles. The molecule has 0 unspecified atom stereocenters. The molecule has 3 aromatic carbocycles. The van der Waals surface area contributed by atoms with E-state index in [0.29, 0.717) is 33.2 Å². The highest BCUT2D eigenvalue weighted by Crippen LogP contribution is 2.38. The number of methoxy groups -OCH3 is 1. The number of barbiturate groups is 1. The Balaban J connectivity index is 1.63. The van der Waals surface area contributed by atoms with Crippen LogP contribution in [0.15, 0.2) is 70.7 Å². The van der Waals surface area contributed by atoms with E-state index in [-0.39, 0.29) is 23.4 Å². The Hall–Kier alpha value is -4.15. The molecule has 9 nitrogen and oxygen atoms in total. The van der Waals surface area contributed by atoms with Crippen LogP contribution in [0.5, 0.6) is 11.5 Å². The minimum Gasteiger partial charge on any atom is -0.490 e. The number of esters is 1. The monoisotopic (exact) mass is 612 g/mol. The van der Waals surface area contributed by atoms with Gasteiger partial charge in [-0.2, -0.15) is 0 Å². The fourth-order valence-electron chi connectivity index (χ4n) is 3.73.